The molecule has 2 aliphatic rings. The van der Waals surface area contributed by atoms with Crippen molar-refractivity contribution in [2.45, 2.75) is 24.9 Å². The number of nitrogens with zero attached hydrogens (tertiary/aromatic N) is 2. The third kappa shape index (κ3) is 1.93. The number of nitrogens with one attached hydrogen (secondary N) is 1. The average Bonchev–Trinajstić information content (AvgIpc) is 2.95. The summed E-state index contributed by atoms with van der Waals surface area (Å²) in [4.78, 5) is 8.16. The van der Waals surface area contributed by atoms with Crippen LogP contribution in [0.4, 0.5) is 0 Å². The number of thiophene rings is 1. The van der Waals surface area contributed by atoms with Gasteiger partial charge >= 0.3 is 0 Å². The lowest BCUT2D eigenvalue weighted by atomic mass is 9.87. The zero-order valence-electron chi connectivity index (χ0n) is 9.85. The van der Waals surface area contributed by atoms with Crippen LogP contribution in [0.15, 0.2) is 22.5 Å². The van der Waals surface area contributed by atoms with Gasteiger partial charge in [-0.25, -0.2) is 0 Å². The highest BCUT2D eigenvalue weighted by Gasteiger charge is 2.42. The molecule has 3 heterocycles. The highest BCUT2D eigenvalue weighted by molar-refractivity contribution is 7.09. The highest BCUT2D eigenvalue weighted by atomic mass is 32.1. The van der Waals surface area contributed by atoms with E-state index < -0.39 is 0 Å². The van der Waals surface area contributed by atoms with Crippen LogP contribution >= 0.6 is 11.3 Å². The van der Waals surface area contributed by atoms with Crippen molar-refractivity contribution in [3.8, 4) is 0 Å². The molecule has 1 saturated heterocycles. The van der Waals surface area contributed by atoms with Gasteiger partial charge in [0.15, 0.2) is 5.96 Å². The summed E-state index contributed by atoms with van der Waals surface area (Å²) in [7, 11) is 0. The van der Waals surface area contributed by atoms with Crippen LogP contribution in [0.25, 0.3) is 0 Å². The van der Waals surface area contributed by atoms with E-state index in [2.05, 4.69) is 32.7 Å². The van der Waals surface area contributed by atoms with Crippen molar-refractivity contribution in [1.29, 1.82) is 0 Å². The number of aliphatic imine (C=N–C) groups is 1. The molecule has 0 radical (unpaired) electrons. The molecule has 1 aromatic rings. The van der Waals surface area contributed by atoms with Crippen LogP contribution in [0.2, 0.25) is 0 Å². The first-order valence-electron chi connectivity index (χ1n) is 6.11. The zero-order valence-corrected chi connectivity index (χ0v) is 10.7. The molecule has 5 heteroatoms. The van der Waals surface area contributed by atoms with Gasteiger partial charge in [-0.05, 0) is 37.4 Å². The number of rotatable bonds is 2. The first kappa shape index (κ1) is 11.0. The Morgan fingerprint density at radius 1 is 1.47 bits per heavy atom. The SMILES string of the molecule is NC1=NCC2(CCNCC2)N1Cc1cccs1. The molecule has 1 aromatic heterocycles. The molecule has 92 valence electrons. The Hall–Kier alpha value is -1.07. The molecule has 4 nitrogen and oxygen atoms in total. The Morgan fingerprint density at radius 2 is 2.29 bits per heavy atom. The summed E-state index contributed by atoms with van der Waals surface area (Å²) >= 11 is 1.79. The van der Waals surface area contributed by atoms with Crippen molar-refractivity contribution in [1.82, 2.24) is 10.2 Å². The van der Waals surface area contributed by atoms with Gasteiger partial charge in [0.25, 0.3) is 0 Å². The van der Waals surface area contributed by atoms with Gasteiger partial charge in [-0.1, -0.05) is 6.07 Å². The van der Waals surface area contributed by atoms with Crippen molar-refractivity contribution in [3.05, 3.63) is 22.4 Å². The number of guanidine groups is 1. The Bertz CT molecular complexity index is 406. The Labute approximate surface area is 106 Å². The molecule has 17 heavy (non-hydrogen) atoms. The molecule has 0 unspecified atom stereocenters. The standard InChI is InChI=1S/C12H18N4S/c13-11-15-9-12(3-5-14-6-4-12)16(11)8-10-2-1-7-17-10/h1-2,7,14H,3-6,8-9H2,(H2,13,15). The minimum absolute atomic E-state index is 0.180. The fourth-order valence-corrected chi connectivity index (χ4v) is 3.46. The smallest absolute Gasteiger partial charge is 0.192 e. The minimum Gasteiger partial charge on any atom is -0.370 e. The van der Waals surface area contributed by atoms with Gasteiger partial charge in [-0.3, -0.25) is 4.99 Å². The lowest BCUT2D eigenvalue weighted by Gasteiger charge is -2.42. The van der Waals surface area contributed by atoms with Crippen LogP contribution in [-0.2, 0) is 6.54 Å². The van der Waals surface area contributed by atoms with E-state index in [0.717, 1.165) is 45.0 Å². The van der Waals surface area contributed by atoms with Crippen LogP contribution < -0.4 is 11.1 Å². The second-order valence-electron chi connectivity index (χ2n) is 4.81. The molecular formula is C12H18N4S. The summed E-state index contributed by atoms with van der Waals surface area (Å²) in [6, 6.07) is 4.27. The van der Waals surface area contributed by atoms with Gasteiger partial charge in [0.1, 0.15) is 0 Å². The molecule has 0 aromatic carbocycles. The lowest BCUT2D eigenvalue weighted by molar-refractivity contribution is 0.145. The van der Waals surface area contributed by atoms with Gasteiger partial charge in [-0.15, -0.1) is 11.3 Å². The predicted octanol–water partition coefficient (Wildman–Crippen LogP) is 1.00. The van der Waals surface area contributed by atoms with Crippen LogP contribution in [0.1, 0.15) is 17.7 Å². The molecule has 0 saturated carbocycles. The van der Waals surface area contributed by atoms with E-state index in [-0.39, 0.29) is 5.54 Å². The summed E-state index contributed by atoms with van der Waals surface area (Å²) in [5.74, 6) is 0.722. The average molecular weight is 250 g/mol. The minimum atomic E-state index is 0.180. The number of hydrogen-bond donors (Lipinski definition) is 2. The van der Waals surface area contributed by atoms with Crippen LogP contribution in [-0.4, -0.2) is 36.0 Å². The molecule has 0 atom stereocenters. The maximum atomic E-state index is 6.06. The highest BCUT2D eigenvalue weighted by Crippen LogP contribution is 2.32. The number of hydrogen-bond acceptors (Lipinski definition) is 5. The van der Waals surface area contributed by atoms with Crippen molar-refractivity contribution in [2.24, 2.45) is 10.7 Å². The third-order valence-electron chi connectivity index (χ3n) is 3.81. The van der Waals surface area contributed by atoms with E-state index in [0.29, 0.717) is 0 Å². The van der Waals surface area contributed by atoms with Gasteiger partial charge in [0.05, 0.1) is 18.6 Å². The Morgan fingerprint density at radius 3 is 3.00 bits per heavy atom. The van der Waals surface area contributed by atoms with Crippen LogP contribution in [0, 0.1) is 0 Å². The normalized spacial score (nSPS) is 23.1. The Kier molecular flexibility index (Phi) is 2.80. The molecule has 0 bridgehead atoms. The lowest BCUT2D eigenvalue weighted by Crippen LogP contribution is -2.56. The zero-order chi connectivity index (χ0) is 11.7. The topological polar surface area (TPSA) is 53.6 Å². The molecule has 3 rings (SSSR count). The maximum Gasteiger partial charge on any atom is 0.192 e. The van der Waals surface area contributed by atoms with E-state index in [1.807, 2.05) is 0 Å². The number of nitrogens with two attached hydrogens (primary N) is 1. The van der Waals surface area contributed by atoms with Crippen molar-refractivity contribution in [2.75, 3.05) is 19.6 Å². The first-order valence-corrected chi connectivity index (χ1v) is 6.99. The van der Waals surface area contributed by atoms with Gasteiger partial charge < -0.3 is 16.0 Å². The van der Waals surface area contributed by atoms with Gasteiger partial charge in [-0.2, -0.15) is 0 Å². The quantitative estimate of drug-likeness (QED) is 0.823. The van der Waals surface area contributed by atoms with E-state index in [1.165, 1.54) is 4.88 Å². The molecule has 1 spiro atoms. The first-order chi connectivity index (χ1) is 8.30. The molecule has 1 fully saturated rings. The summed E-state index contributed by atoms with van der Waals surface area (Å²) in [5, 5.41) is 5.53. The molecule has 3 N–H and O–H groups in total. The van der Waals surface area contributed by atoms with E-state index >= 15 is 0 Å². The second-order valence-corrected chi connectivity index (χ2v) is 5.85. The molecule has 0 aliphatic carbocycles. The largest absolute Gasteiger partial charge is 0.370 e. The van der Waals surface area contributed by atoms with Gasteiger partial charge in [0.2, 0.25) is 0 Å². The van der Waals surface area contributed by atoms with Crippen molar-refractivity contribution in [3.63, 3.8) is 0 Å². The van der Waals surface area contributed by atoms with E-state index in [4.69, 9.17) is 5.73 Å². The van der Waals surface area contributed by atoms with Crippen LogP contribution in [0.3, 0.4) is 0 Å². The summed E-state index contributed by atoms with van der Waals surface area (Å²) in [5.41, 5.74) is 6.24. The number of piperidine rings is 1. The summed E-state index contributed by atoms with van der Waals surface area (Å²) in [6.07, 6.45) is 2.28. The third-order valence-corrected chi connectivity index (χ3v) is 4.67. The molecule has 2 aliphatic heterocycles. The second kappa shape index (κ2) is 4.31. The maximum absolute atomic E-state index is 6.06. The monoisotopic (exact) mass is 250 g/mol. The molecular weight excluding hydrogens is 232 g/mol. The summed E-state index contributed by atoms with van der Waals surface area (Å²) in [6.45, 7) is 3.92. The van der Waals surface area contributed by atoms with Gasteiger partial charge in [0, 0.05) is 4.88 Å². The van der Waals surface area contributed by atoms with E-state index in [1.54, 1.807) is 11.3 Å². The van der Waals surface area contributed by atoms with Crippen LogP contribution in [0.5, 0.6) is 0 Å². The fraction of sp³-hybridized carbons (Fsp3) is 0.583. The summed E-state index contributed by atoms with van der Waals surface area (Å²) < 4.78 is 0. The fourth-order valence-electron chi connectivity index (χ4n) is 2.77. The van der Waals surface area contributed by atoms with Crippen molar-refractivity contribution < 1.29 is 0 Å². The Balaban J connectivity index is 1.81. The predicted molar refractivity (Wildman–Crippen MR) is 71.2 cm³/mol. The van der Waals surface area contributed by atoms with Crippen molar-refractivity contribution >= 4 is 17.3 Å². The molecule has 0 amide bonds. The van der Waals surface area contributed by atoms with E-state index in [9.17, 15) is 0 Å².